The predicted molar refractivity (Wildman–Crippen MR) is 89.0 cm³/mol. The Hall–Kier alpha value is -2.63. The van der Waals surface area contributed by atoms with E-state index in [0.29, 0.717) is 5.56 Å². The van der Waals surface area contributed by atoms with E-state index in [0.717, 1.165) is 37.3 Å². The molecule has 0 aliphatic carbocycles. The Kier molecular flexibility index (Phi) is 4.64. The van der Waals surface area contributed by atoms with E-state index in [-0.39, 0.29) is 5.91 Å². The molecule has 0 saturated carbocycles. The molecular weight excluding hydrogens is 306 g/mol. The number of nitrogens with zero attached hydrogens (tertiary/aromatic N) is 3. The SMILES string of the molecule is Cc1ccnn1-c1ccc(C(=O)O[C@@H](C)C(=O)N2CCCC2)cc1. The summed E-state index contributed by atoms with van der Waals surface area (Å²) in [5.41, 5.74) is 2.30. The Balaban J connectivity index is 1.64. The number of carbonyl (C=O) groups is 2. The van der Waals surface area contributed by atoms with Crippen molar-refractivity contribution in [3.8, 4) is 5.69 Å². The first-order valence-electron chi connectivity index (χ1n) is 8.17. The van der Waals surface area contributed by atoms with Gasteiger partial charge < -0.3 is 9.64 Å². The lowest BCUT2D eigenvalue weighted by molar-refractivity contribution is -0.138. The minimum absolute atomic E-state index is 0.121. The summed E-state index contributed by atoms with van der Waals surface area (Å²) in [7, 11) is 0. The van der Waals surface area contributed by atoms with Gasteiger partial charge in [-0.2, -0.15) is 5.10 Å². The van der Waals surface area contributed by atoms with Crippen LogP contribution in [0.25, 0.3) is 5.69 Å². The van der Waals surface area contributed by atoms with E-state index in [1.54, 1.807) is 34.8 Å². The van der Waals surface area contributed by atoms with E-state index in [1.807, 2.05) is 25.1 Å². The van der Waals surface area contributed by atoms with Crippen LogP contribution in [0.15, 0.2) is 36.5 Å². The molecule has 0 radical (unpaired) electrons. The highest BCUT2D eigenvalue weighted by Crippen LogP contribution is 2.14. The van der Waals surface area contributed by atoms with Crippen molar-refractivity contribution in [2.75, 3.05) is 13.1 Å². The number of aromatic nitrogens is 2. The summed E-state index contributed by atoms with van der Waals surface area (Å²) in [6, 6.07) is 8.90. The van der Waals surface area contributed by atoms with Gasteiger partial charge in [-0.3, -0.25) is 4.79 Å². The fourth-order valence-corrected chi connectivity index (χ4v) is 2.85. The maximum atomic E-state index is 12.2. The van der Waals surface area contributed by atoms with E-state index in [1.165, 1.54) is 0 Å². The maximum Gasteiger partial charge on any atom is 0.338 e. The number of carbonyl (C=O) groups excluding carboxylic acids is 2. The zero-order valence-corrected chi connectivity index (χ0v) is 13.9. The van der Waals surface area contributed by atoms with Crippen LogP contribution in [0.2, 0.25) is 0 Å². The smallest absolute Gasteiger partial charge is 0.338 e. The standard InChI is InChI=1S/C18H21N3O3/c1-13-9-10-19-21(13)16-7-5-15(6-8-16)18(23)24-14(2)17(22)20-11-3-4-12-20/h5-10,14H,3-4,11-12H2,1-2H3/t14-/m0/s1. The second-order valence-electron chi connectivity index (χ2n) is 6.01. The van der Waals surface area contributed by atoms with Gasteiger partial charge >= 0.3 is 5.97 Å². The maximum absolute atomic E-state index is 12.2. The van der Waals surface area contributed by atoms with Gasteiger partial charge in [-0.05, 0) is 57.0 Å². The van der Waals surface area contributed by atoms with Gasteiger partial charge in [0.1, 0.15) is 0 Å². The second-order valence-corrected chi connectivity index (χ2v) is 6.01. The highest BCUT2D eigenvalue weighted by Gasteiger charge is 2.26. The molecule has 1 aliphatic heterocycles. The summed E-state index contributed by atoms with van der Waals surface area (Å²) in [6.45, 7) is 5.08. The molecule has 1 aromatic carbocycles. The molecule has 1 amide bonds. The molecule has 1 aromatic heterocycles. The number of hydrogen-bond acceptors (Lipinski definition) is 4. The lowest BCUT2D eigenvalue weighted by atomic mass is 10.2. The Labute approximate surface area is 141 Å². The summed E-state index contributed by atoms with van der Waals surface area (Å²) in [6.07, 6.45) is 2.99. The summed E-state index contributed by atoms with van der Waals surface area (Å²) in [5, 5.41) is 4.23. The number of benzene rings is 1. The molecule has 1 atom stereocenters. The fraction of sp³-hybridized carbons (Fsp3) is 0.389. The van der Waals surface area contributed by atoms with Crippen molar-refractivity contribution in [3.63, 3.8) is 0 Å². The number of esters is 1. The largest absolute Gasteiger partial charge is 0.449 e. The molecule has 0 N–H and O–H groups in total. The zero-order chi connectivity index (χ0) is 17.1. The molecule has 0 spiro atoms. The molecule has 1 aliphatic rings. The van der Waals surface area contributed by atoms with Gasteiger partial charge in [0.25, 0.3) is 5.91 Å². The molecule has 1 saturated heterocycles. The third-order valence-corrected chi connectivity index (χ3v) is 4.23. The van der Waals surface area contributed by atoms with E-state index < -0.39 is 12.1 Å². The zero-order valence-electron chi connectivity index (χ0n) is 13.9. The molecule has 6 heteroatoms. The summed E-state index contributed by atoms with van der Waals surface area (Å²) < 4.78 is 7.10. The lowest BCUT2D eigenvalue weighted by Gasteiger charge is -2.20. The third kappa shape index (κ3) is 3.32. The average molecular weight is 327 g/mol. The van der Waals surface area contributed by atoms with Crippen molar-refractivity contribution in [2.24, 2.45) is 0 Å². The molecule has 2 heterocycles. The van der Waals surface area contributed by atoms with Gasteiger partial charge in [0, 0.05) is 25.0 Å². The van der Waals surface area contributed by atoms with Crippen molar-refractivity contribution >= 4 is 11.9 Å². The monoisotopic (exact) mass is 327 g/mol. The molecular formula is C18H21N3O3. The first-order valence-corrected chi connectivity index (χ1v) is 8.17. The van der Waals surface area contributed by atoms with Crippen LogP contribution < -0.4 is 0 Å². The normalized spacial score (nSPS) is 15.3. The van der Waals surface area contributed by atoms with Gasteiger partial charge in [0.05, 0.1) is 11.3 Å². The number of hydrogen-bond donors (Lipinski definition) is 0. The first-order chi connectivity index (χ1) is 11.6. The van der Waals surface area contributed by atoms with E-state index >= 15 is 0 Å². The van der Waals surface area contributed by atoms with E-state index in [4.69, 9.17) is 4.74 Å². The predicted octanol–water partition coefficient (Wildman–Crippen LogP) is 2.35. The quantitative estimate of drug-likeness (QED) is 0.809. The number of amides is 1. The van der Waals surface area contributed by atoms with Crippen molar-refractivity contribution in [3.05, 3.63) is 47.8 Å². The van der Waals surface area contributed by atoms with Gasteiger partial charge in [-0.25, -0.2) is 9.48 Å². The van der Waals surface area contributed by atoms with Gasteiger partial charge in [0.15, 0.2) is 6.10 Å². The Bertz CT molecular complexity index is 730. The number of rotatable bonds is 4. The van der Waals surface area contributed by atoms with E-state index in [2.05, 4.69) is 5.10 Å². The highest BCUT2D eigenvalue weighted by molar-refractivity contribution is 5.92. The first kappa shape index (κ1) is 16.2. The van der Waals surface area contributed by atoms with Crippen LogP contribution in [-0.2, 0) is 9.53 Å². The third-order valence-electron chi connectivity index (χ3n) is 4.23. The molecule has 126 valence electrons. The molecule has 0 unspecified atom stereocenters. The van der Waals surface area contributed by atoms with E-state index in [9.17, 15) is 9.59 Å². The summed E-state index contributed by atoms with van der Waals surface area (Å²) in [4.78, 5) is 26.2. The topological polar surface area (TPSA) is 64.4 Å². The Morgan fingerprint density at radius 3 is 2.38 bits per heavy atom. The fourth-order valence-electron chi connectivity index (χ4n) is 2.85. The van der Waals surface area contributed by atoms with Gasteiger partial charge in [-0.1, -0.05) is 0 Å². The van der Waals surface area contributed by atoms with Crippen molar-refractivity contribution < 1.29 is 14.3 Å². The van der Waals surface area contributed by atoms with Crippen LogP contribution in [0.3, 0.4) is 0 Å². The second kappa shape index (κ2) is 6.86. The highest BCUT2D eigenvalue weighted by atomic mass is 16.5. The van der Waals surface area contributed by atoms with Crippen molar-refractivity contribution in [1.82, 2.24) is 14.7 Å². The van der Waals surface area contributed by atoms with Crippen LogP contribution in [0.1, 0.15) is 35.8 Å². The summed E-state index contributed by atoms with van der Waals surface area (Å²) in [5.74, 6) is -0.608. The molecule has 3 rings (SSSR count). The number of likely N-dealkylation sites (tertiary alicyclic amines) is 1. The number of ether oxygens (including phenoxy) is 1. The Morgan fingerprint density at radius 2 is 1.79 bits per heavy atom. The van der Waals surface area contributed by atoms with Crippen LogP contribution in [0.4, 0.5) is 0 Å². The van der Waals surface area contributed by atoms with Crippen LogP contribution in [-0.4, -0.2) is 45.8 Å². The summed E-state index contributed by atoms with van der Waals surface area (Å²) >= 11 is 0. The van der Waals surface area contributed by atoms with Crippen LogP contribution >= 0.6 is 0 Å². The minimum Gasteiger partial charge on any atom is -0.449 e. The minimum atomic E-state index is -0.761. The molecule has 0 bridgehead atoms. The number of aryl methyl sites for hydroxylation is 1. The molecule has 2 aromatic rings. The molecule has 1 fully saturated rings. The molecule has 6 nitrogen and oxygen atoms in total. The molecule has 24 heavy (non-hydrogen) atoms. The lowest BCUT2D eigenvalue weighted by Crippen LogP contribution is -2.38. The van der Waals surface area contributed by atoms with Gasteiger partial charge in [-0.15, -0.1) is 0 Å². The van der Waals surface area contributed by atoms with Crippen molar-refractivity contribution in [1.29, 1.82) is 0 Å². The van der Waals surface area contributed by atoms with Crippen molar-refractivity contribution in [2.45, 2.75) is 32.8 Å². The van der Waals surface area contributed by atoms with Crippen LogP contribution in [0.5, 0.6) is 0 Å². The van der Waals surface area contributed by atoms with Crippen LogP contribution in [0, 0.1) is 6.92 Å². The Morgan fingerprint density at radius 1 is 1.12 bits per heavy atom. The van der Waals surface area contributed by atoms with Gasteiger partial charge in [0.2, 0.25) is 0 Å². The average Bonchev–Trinajstić information content (AvgIpc) is 3.25.